The van der Waals surface area contributed by atoms with Crippen LogP contribution in [0.5, 0.6) is 5.75 Å². The zero-order valence-corrected chi connectivity index (χ0v) is 22.8. The lowest BCUT2D eigenvalue weighted by Crippen LogP contribution is -2.35. The van der Waals surface area contributed by atoms with E-state index in [1.165, 1.54) is 43.4 Å². The first-order chi connectivity index (χ1) is 19.2. The van der Waals surface area contributed by atoms with Gasteiger partial charge in [-0.15, -0.1) is 0 Å². The van der Waals surface area contributed by atoms with Crippen LogP contribution in [0, 0.1) is 0 Å². The summed E-state index contributed by atoms with van der Waals surface area (Å²) >= 11 is 0. The predicted molar refractivity (Wildman–Crippen MR) is 148 cm³/mol. The molecule has 0 spiro atoms. The Morgan fingerprint density at radius 1 is 0.725 bits per heavy atom. The number of halogens is 3. The maximum atomic E-state index is 12.8. The summed E-state index contributed by atoms with van der Waals surface area (Å²) in [7, 11) is 0. The lowest BCUT2D eigenvalue weighted by molar-refractivity contribution is -0.156. The van der Waals surface area contributed by atoms with Crippen LogP contribution in [0.15, 0.2) is 72.8 Å². The first-order valence-corrected chi connectivity index (χ1v) is 13.6. The Hall–Kier alpha value is -3.81. The van der Waals surface area contributed by atoms with Crippen LogP contribution in [-0.4, -0.2) is 28.5 Å². The Balaban J connectivity index is 1.52. The fourth-order valence-corrected chi connectivity index (χ4v) is 4.32. The van der Waals surface area contributed by atoms with Crippen LogP contribution in [0.3, 0.4) is 0 Å². The van der Waals surface area contributed by atoms with Crippen molar-refractivity contribution >= 4 is 11.9 Å². The van der Waals surface area contributed by atoms with Crippen LogP contribution in [0.25, 0.3) is 0 Å². The van der Waals surface area contributed by atoms with E-state index in [-0.39, 0.29) is 13.1 Å². The van der Waals surface area contributed by atoms with Crippen molar-refractivity contribution in [2.24, 2.45) is 0 Å². The van der Waals surface area contributed by atoms with Gasteiger partial charge in [-0.05, 0) is 65.8 Å². The van der Waals surface area contributed by atoms with Crippen molar-refractivity contribution < 1.29 is 32.6 Å². The van der Waals surface area contributed by atoms with E-state index >= 15 is 0 Å². The number of hydrogen-bond acceptors (Lipinski definition) is 3. The van der Waals surface area contributed by atoms with Crippen molar-refractivity contribution in [3.8, 4) is 5.75 Å². The summed E-state index contributed by atoms with van der Waals surface area (Å²) in [5.41, 5.74) is 2.61. The Morgan fingerprint density at radius 2 is 1.20 bits per heavy atom. The van der Waals surface area contributed by atoms with Gasteiger partial charge in [0, 0.05) is 13.1 Å². The molecule has 1 amide bonds. The number of nitrogens with zero attached hydrogens (tertiary/aromatic N) is 1. The zero-order valence-electron chi connectivity index (χ0n) is 22.8. The van der Waals surface area contributed by atoms with Crippen LogP contribution in [0.4, 0.5) is 13.2 Å². The fourth-order valence-electron chi connectivity index (χ4n) is 4.32. The standard InChI is InChI=1S/C32H36F3NO4/c1-2-3-4-5-6-21-40-29-19-15-25(16-20-29)8-7-24-9-11-26(12-10-24)22-36(30(37)31(38)39)23-27-13-17-28(18-14-27)32(33,34)35/h9-20H,2-8,21-23H2,1H3,(H,38,39). The van der Waals surface area contributed by atoms with Crippen molar-refractivity contribution in [2.75, 3.05) is 6.61 Å². The van der Waals surface area contributed by atoms with Gasteiger partial charge in [-0.25, -0.2) is 4.79 Å². The molecule has 1 N–H and O–H groups in total. The molecular weight excluding hydrogens is 519 g/mol. The maximum absolute atomic E-state index is 12.8. The maximum Gasteiger partial charge on any atom is 0.416 e. The molecule has 0 bridgehead atoms. The molecule has 40 heavy (non-hydrogen) atoms. The molecule has 0 unspecified atom stereocenters. The highest BCUT2D eigenvalue weighted by Crippen LogP contribution is 2.29. The normalized spacial score (nSPS) is 11.3. The van der Waals surface area contributed by atoms with Crippen molar-refractivity contribution in [1.29, 1.82) is 0 Å². The molecule has 0 saturated heterocycles. The molecule has 0 aromatic heterocycles. The quantitative estimate of drug-likeness (QED) is 0.166. The molecule has 5 nitrogen and oxygen atoms in total. The zero-order chi connectivity index (χ0) is 29.0. The SMILES string of the molecule is CCCCCCCOc1ccc(CCc2ccc(CN(Cc3ccc(C(F)(F)F)cc3)C(=O)C(=O)O)cc2)cc1. The van der Waals surface area contributed by atoms with Crippen molar-refractivity contribution in [3.63, 3.8) is 0 Å². The topological polar surface area (TPSA) is 66.8 Å². The Labute approximate surface area is 233 Å². The van der Waals surface area contributed by atoms with E-state index in [9.17, 15) is 27.9 Å². The minimum Gasteiger partial charge on any atom is -0.494 e. The Morgan fingerprint density at radius 3 is 1.70 bits per heavy atom. The lowest BCUT2D eigenvalue weighted by atomic mass is 10.0. The van der Waals surface area contributed by atoms with E-state index in [1.54, 1.807) is 0 Å². The largest absolute Gasteiger partial charge is 0.494 e. The second kappa shape index (κ2) is 15.1. The summed E-state index contributed by atoms with van der Waals surface area (Å²) < 4.78 is 44.3. The van der Waals surface area contributed by atoms with Gasteiger partial charge in [0.05, 0.1) is 12.2 Å². The second-order valence-corrected chi connectivity index (χ2v) is 9.88. The third-order valence-electron chi connectivity index (χ3n) is 6.66. The Bertz CT molecular complexity index is 1210. The average molecular weight is 556 g/mol. The molecular formula is C32H36F3NO4. The molecule has 0 radical (unpaired) electrons. The number of benzene rings is 3. The van der Waals surface area contributed by atoms with Crippen LogP contribution in [0.2, 0.25) is 0 Å². The summed E-state index contributed by atoms with van der Waals surface area (Å²) in [6.07, 6.45) is 3.19. The molecule has 0 aliphatic rings. The van der Waals surface area contributed by atoms with E-state index in [0.29, 0.717) is 5.56 Å². The number of carboxylic acid groups (broad SMARTS) is 1. The van der Waals surface area contributed by atoms with Crippen LogP contribution < -0.4 is 4.74 Å². The summed E-state index contributed by atoms with van der Waals surface area (Å²) in [5.74, 6) is -1.86. The number of carbonyl (C=O) groups is 2. The minimum atomic E-state index is -4.47. The molecule has 8 heteroatoms. The molecule has 0 saturated carbocycles. The van der Waals surface area contributed by atoms with E-state index in [1.807, 2.05) is 36.4 Å². The fraction of sp³-hybridized carbons (Fsp3) is 0.375. The minimum absolute atomic E-state index is 0.0203. The van der Waals surface area contributed by atoms with Crippen molar-refractivity contribution in [1.82, 2.24) is 4.90 Å². The summed E-state index contributed by atoms with van der Waals surface area (Å²) in [4.78, 5) is 24.7. The van der Waals surface area contributed by atoms with Gasteiger partial charge < -0.3 is 14.7 Å². The number of alkyl halides is 3. The average Bonchev–Trinajstić information content (AvgIpc) is 2.94. The summed E-state index contributed by atoms with van der Waals surface area (Å²) in [5, 5.41) is 9.23. The molecule has 214 valence electrons. The van der Waals surface area contributed by atoms with Crippen LogP contribution in [-0.2, 0) is 41.7 Å². The van der Waals surface area contributed by atoms with E-state index in [2.05, 4.69) is 19.1 Å². The van der Waals surface area contributed by atoms with Gasteiger partial charge in [-0.3, -0.25) is 4.79 Å². The molecule has 0 heterocycles. The monoisotopic (exact) mass is 555 g/mol. The van der Waals surface area contributed by atoms with Gasteiger partial charge in [-0.1, -0.05) is 81.1 Å². The van der Waals surface area contributed by atoms with Crippen LogP contribution >= 0.6 is 0 Å². The molecule has 3 aromatic carbocycles. The molecule has 0 aliphatic heterocycles. The number of hydrogen-bond donors (Lipinski definition) is 1. The number of ether oxygens (including phenoxy) is 1. The van der Waals surface area contributed by atoms with Crippen LogP contribution in [0.1, 0.15) is 66.8 Å². The third-order valence-corrected chi connectivity index (χ3v) is 6.66. The molecule has 0 atom stereocenters. The number of unbranched alkanes of at least 4 members (excludes halogenated alkanes) is 4. The van der Waals surface area contributed by atoms with E-state index in [4.69, 9.17) is 4.74 Å². The number of carboxylic acids is 1. The number of aliphatic carboxylic acids is 1. The first-order valence-electron chi connectivity index (χ1n) is 13.6. The van der Waals surface area contributed by atoms with Gasteiger partial charge in [-0.2, -0.15) is 13.2 Å². The Kier molecular flexibility index (Phi) is 11.6. The van der Waals surface area contributed by atoms with Gasteiger partial charge in [0.2, 0.25) is 0 Å². The molecule has 0 fully saturated rings. The number of carbonyl (C=O) groups excluding carboxylic acids is 1. The second-order valence-electron chi connectivity index (χ2n) is 9.88. The van der Waals surface area contributed by atoms with Gasteiger partial charge >= 0.3 is 18.1 Å². The third kappa shape index (κ3) is 10.1. The molecule has 3 rings (SSSR count). The predicted octanol–water partition coefficient (Wildman–Crippen LogP) is 7.45. The molecule has 0 aliphatic carbocycles. The smallest absolute Gasteiger partial charge is 0.416 e. The highest BCUT2D eigenvalue weighted by Gasteiger charge is 2.30. The van der Waals surface area contributed by atoms with Gasteiger partial charge in [0.15, 0.2) is 0 Å². The summed E-state index contributed by atoms with van der Waals surface area (Å²) in [6.45, 7) is 2.83. The highest BCUT2D eigenvalue weighted by atomic mass is 19.4. The highest BCUT2D eigenvalue weighted by molar-refractivity contribution is 6.31. The van der Waals surface area contributed by atoms with E-state index in [0.717, 1.165) is 59.8 Å². The van der Waals surface area contributed by atoms with Crippen molar-refractivity contribution in [3.05, 3.63) is 101 Å². The van der Waals surface area contributed by atoms with Gasteiger partial charge in [0.25, 0.3) is 0 Å². The van der Waals surface area contributed by atoms with Crippen molar-refractivity contribution in [2.45, 2.75) is 71.1 Å². The number of amides is 1. The first kappa shape index (κ1) is 30.7. The van der Waals surface area contributed by atoms with Gasteiger partial charge in [0.1, 0.15) is 5.75 Å². The number of rotatable bonds is 14. The molecule has 3 aromatic rings. The lowest BCUT2D eigenvalue weighted by Gasteiger charge is -2.21. The van der Waals surface area contributed by atoms with E-state index < -0.39 is 23.6 Å². The number of aryl methyl sites for hydroxylation is 2. The summed E-state index contributed by atoms with van der Waals surface area (Å²) in [6, 6.07) is 20.0.